The van der Waals surface area contributed by atoms with Crippen LogP contribution in [0.3, 0.4) is 0 Å². The molecule has 0 amide bonds. The van der Waals surface area contributed by atoms with E-state index in [1.54, 1.807) is 0 Å². The standard InChI is InChI=1S/C58H40N2/c1-57(2)46-30-16-13-27-43(46)53-54(57)56-52(45-29-15-18-32-49(45)59(56)39-24-10-5-11-25-39)51-44-28-14-19-33-50(44)60(55(51)53)40-34-35-42-41-26-12-17-31-47(41)58(48(42)36-40,37-20-6-3-7-21-37)38-22-8-4-9-23-38/h3-36H,1-2H3. The van der Waals surface area contributed by atoms with Crippen LogP contribution in [0.25, 0.3) is 77.2 Å². The summed E-state index contributed by atoms with van der Waals surface area (Å²) in [5.74, 6) is 0. The molecule has 2 aromatic heterocycles. The van der Waals surface area contributed by atoms with Crippen molar-refractivity contribution in [1.29, 1.82) is 0 Å². The molecule has 0 bridgehead atoms. The fourth-order valence-corrected chi connectivity index (χ4v) is 11.6. The van der Waals surface area contributed by atoms with E-state index in [4.69, 9.17) is 0 Å². The van der Waals surface area contributed by atoms with Crippen molar-refractivity contribution in [3.05, 3.63) is 240 Å². The van der Waals surface area contributed by atoms with Crippen LogP contribution in [0.4, 0.5) is 0 Å². The molecule has 282 valence electrons. The fourth-order valence-electron chi connectivity index (χ4n) is 11.6. The maximum Gasteiger partial charge on any atom is 0.0714 e. The molecule has 2 nitrogen and oxygen atoms in total. The van der Waals surface area contributed by atoms with Gasteiger partial charge in [0.15, 0.2) is 0 Å². The van der Waals surface area contributed by atoms with Crippen LogP contribution < -0.4 is 0 Å². The van der Waals surface area contributed by atoms with Crippen LogP contribution in [0, 0.1) is 0 Å². The number of nitrogens with zero attached hydrogens (tertiary/aromatic N) is 2. The van der Waals surface area contributed by atoms with Crippen molar-refractivity contribution in [3.8, 4) is 33.6 Å². The highest BCUT2D eigenvalue weighted by Crippen LogP contribution is 2.60. The Labute approximate surface area is 349 Å². The summed E-state index contributed by atoms with van der Waals surface area (Å²) in [5, 5.41) is 5.16. The average Bonchev–Trinajstić information content (AvgIpc) is 3.99. The molecule has 2 heterocycles. The van der Waals surface area contributed by atoms with Gasteiger partial charge in [0, 0.05) is 43.9 Å². The Morgan fingerprint density at radius 3 is 1.50 bits per heavy atom. The van der Waals surface area contributed by atoms with Gasteiger partial charge in [0.05, 0.1) is 27.5 Å². The van der Waals surface area contributed by atoms with Crippen molar-refractivity contribution in [2.45, 2.75) is 24.7 Å². The van der Waals surface area contributed by atoms with Crippen molar-refractivity contribution in [2.24, 2.45) is 0 Å². The van der Waals surface area contributed by atoms with Crippen LogP contribution in [0.15, 0.2) is 206 Å². The highest BCUT2D eigenvalue weighted by Gasteiger charge is 2.47. The Balaban J connectivity index is 1.24. The van der Waals surface area contributed by atoms with Crippen LogP contribution in [0.2, 0.25) is 0 Å². The third-order valence-electron chi connectivity index (χ3n) is 13.9. The Kier molecular flexibility index (Phi) is 6.74. The molecule has 0 atom stereocenters. The minimum absolute atomic E-state index is 0.268. The van der Waals surface area contributed by atoms with Crippen molar-refractivity contribution in [3.63, 3.8) is 0 Å². The maximum atomic E-state index is 2.61. The second-order valence-electron chi connectivity index (χ2n) is 17.2. The summed E-state index contributed by atoms with van der Waals surface area (Å²) in [6, 6.07) is 76.9. The van der Waals surface area contributed by atoms with E-state index in [-0.39, 0.29) is 5.41 Å². The Morgan fingerprint density at radius 1 is 0.367 bits per heavy atom. The lowest BCUT2D eigenvalue weighted by atomic mass is 9.67. The lowest BCUT2D eigenvalue weighted by molar-refractivity contribution is 0.664. The fraction of sp³-hybridized carbons (Fsp3) is 0.0690. The van der Waals surface area contributed by atoms with Crippen LogP contribution >= 0.6 is 0 Å². The summed E-state index contributed by atoms with van der Waals surface area (Å²) in [6.45, 7) is 4.87. The normalized spacial score (nSPS) is 14.4. The molecule has 0 unspecified atom stereocenters. The molecule has 0 fully saturated rings. The molecular formula is C58H40N2. The zero-order valence-corrected chi connectivity index (χ0v) is 33.5. The zero-order chi connectivity index (χ0) is 39.7. The average molecular weight is 765 g/mol. The molecule has 2 heteroatoms. The predicted molar refractivity (Wildman–Crippen MR) is 250 cm³/mol. The minimum Gasteiger partial charge on any atom is -0.309 e. The third-order valence-corrected chi connectivity index (χ3v) is 13.9. The molecule has 0 radical (unpaired) electrons. The molecule has 0 N–H and O–H groups in total. The summed E-state index contributed by atoms with van der Waals surface area (Å²) in [6.07, 6.45) is 0. The van der Waals surface area contributed by atoms with Crippen LogP contribution in [0.5, 0.6) is 0 Å². The first-order chi connectivity index (χ1) is 29.6. The lowest BCUT2D eigenvalue weighted by Crippen LogP contribution is -2.28. The molecule has 2 aliphatic rings. The molecule has 0 saturated heterocycles. The largest absolute Gasteiger partial charge is 0.309 e. The minimum atomic E-state index is -0.504. The van der Waals surface area contributed by atoms with E-state index in [0.717, 1.165) is 0 Å². The van der Waals surface area contributed by atoms with E-state index < -0.39 is 5.41 Å². The molecular weight excluding hydrogens is 725 g/mol. The van der Waals surface area contributed by atoms with Crippen molar-refractivity contribution in [1.82, 2.24) is 9.13 Å². The number of benzene rings is 9. The summed E-state index contributed by atoms with van der Waals surface area (Å²) >= 11 is 0. The molecule has 60 heavy (non-hydrogen) atoms. The highest BCUT2D eigenvalue weighted by atomic mass is 15.0. The van der Waals surface area contributed by atoms with Gasteiger partial charge in [-0.3, -0.25) is 0 Å². The van der Waals surface area contributed by atoms with E-state index in [2.05, 4.69) is 229 Å². The third kappa shape index (κ3) is 4.13. The molecule has 0 saturated carbocycles. The van der Waals surface area contributed by atoms with Gasteiger partial charge in [0.1, 0.15) is 0 Å². The van der Waals surface area contributed by atoms with E-state index in [9.17, 15) is 0 Å². The predicted octanol–water partition coefficient (Wildman–Crippen LogP) is 14.6. The molecule has 11 aromatic rings. The van der Waals surface area contributed by atoms with Crippen LogP contribution in [-0.4, -0.2) is 9.13 Å². The Morgan fingerprint density at radius 2 is 0.850 bits per heavy atom. The van der Waals surface area contributed by atoms with Gasteiger partial charge < -0.3 is 9.13 Å². The van der Waals surface area contributed by atoms with Gasteiger partial charge in [-0.25, -0.2) is 0 Å². The molecule has 13 rings (SSSR count). The SMILES string of the molecule is CC1(C)c2ccccc2-c2c1c1c(c3ccccc3n1-c1ccccc1)c1c3ccccc3n(-c3ccc4c(c3)C(c3ccccc3)(c3ccccc3)c3ccccc3-4)c21. The van der Waals surface area contributed by atoms with Crippen molar-refractivity contribution in [2.75, 3.05) is 0 Å². The van der Waals surface area contributed by atoms with Gasteiger partial charge in [-0.1, -0.05) is 184 Å². The van der Waals surface area contributed by atoms with Gasteiger partial charge >= 0.3 is 0 Å². The monoisotopic (exact) mass is 764 g/mol. The molecule has 0 aliphatic heterocycles. The smallest absolute Gasteiger partial charge is 0.0714 e. The Hall–Kier alpha value is -7.42. The molecule has 2 aliphatic carbocycles. The van der Waals surface area contributed by atoms with Crippen molar-refractivity contribution < 1.29 is 0 Å². The first kappa shape index (κ1) is 33.5. The number of para-hydroxylation sites is 3. The first-order valence-electron chi connectivity index (χ1n) is 21.1. The van der Waals surface area contributed by atoms with Gasteiger partial charge in [-0.05, 0) is 86.5 Å². The van der Waals surface area contributed by atoms with Crippen LogP contribution in [0.1, 0.15) is 47.2 Å². The quantitative estimate of drug-likeness (QED) is 0.169. The van der Waals surface area contributed by atoms with E-state index in [1.807, 2.05) is 0 Å². The summed E-state index contributed by atoms with van der Waals surface area (Å²) < 4.78 is 5.16. The topological polar surface area (TPSA) is 9.86 Å². The molecule has 0 spiro atoms. The highest BCUT2D eigenvalue weighted by molar-refractivity contribution is 6.33. The number of fused-ring (bicyclic) bond motifs is 15. The van der Waals surface area contributed by atoms with E-state index >= 15 is 0 Å². The number of rotatable bonds is 4. The maximum absolute atomic E-state index is 2.61. The number of aromatic nitrogens is 2. The number of hydrogen-bond acceptors (Lipinski definition) is 0. The van der Waals surface area contributed by atoms with E-state index in [0.29, 0.717) is 0 Å². The van der Waals surface area contributed by atoms with Gasteiger partial charge in [-0.15, -0.1) is 0 Å². The summed E-state index contributed by atoms with van der Waals surface area (Å²) in [5.41, 5.74) is 19.7. The Bertz CT molecular complexity index is 3510. The van der Waals surface area contributed by atoms with Gasteiger partial charge in [-0.2, -0.15) is 0 Å². The van der Waals surface area contributed by atoms with Crippen LogP contribution in [-0.2, 0) is 10.8 Å². The summed E-state index contributed by atoms with van der Waals surface area (Å²) in [7, 11) is 0. The second-order valence-corrected chi connectivity index (χ2v) is 17.2. The summed E-state index contributed by atoms with van der Waals surface area (Å²) in [4.78, 5) is 0. The lowest BCUT2D eigenvalue weighted by Gasteiger charge is -2.34. The van der Waals surface area contributed by atoms with E-state index in [1.165, 1.54) is 111 Å². The second kappa shape index (κ2) is 12.1. The first-order valence-corrected chi connectivity index (χ1v) is 21.1. The van der Waals surface area contributed by atoms with Gasteiger partial charge in [0.2, 0.25) is 0 Å². The van der Waals surface area contributed by atoms with Crippen molar-refractivity contribution >= 4 is 43.6 Å². The molecule has 9 aromatic carbocycles. The zero-order valence-electron chi connectivity index (χ0n) is 33.5. The number of hydrogen-bond donors (Lipinski definition) is 0. The van der Waals surface area contributed by atoms with Gasteiger partial charge in [0.25, 0.3) is 0 Å².